The molecule has 0 spiro atoms. The number of esters is 1. The molecule has 4 rings (SSSR count). The average Bonchev–Trinajstić information content (AvgIpc) is 3.25. The lowest BCUT2D eigenvalue weighted by Crippen LogP contribution is -2.39. The number of ether oxygens (including phenoxy) is 4. The molecule has 0 radical (unpaired) electrons. The van der Waals surface area contributed by atoms with Crippen LogP contribution < -0.4 is 24.4 Å². The highest BCUT2D eigenvalue weighted by Gasteiger charge is 2.44. The summed E-state index contributed by atoms with van der Waals surface area (Å²) in [4.78, 5) is 42.4. The van der Waals surface area contributed by atoms with Gasteiger partial charge in [-0.25, -0.2) is 4.79 Å². The number of anilines is 2. The molecule has 10 nitrogen and oxygen atoms in total. The van der Waals surface area contributed by atoms with Crippen LogP contribution in [0.4, 0.5) is 11.4 Å². The molecule has 1 aliphatic heterocycles. The van der Waals surface area contributed by atoms with E-state index in [2.05, 4.69) is 5.32 Å². The second-order valence-corrected chi connectivity index (χ2v) is 10.2. The maximum absolute atomic E-state index is 13.9. The molecule has 3 aromatic carbocycles. The molecule has 1 saturated heterocycles. The Morgan fingerprint density at radius 3 is 2.20 bits per heavy atom. The quantitative estimate of drug-likeness (QED) is 0.191. The Bertz CT molecular complexity index is 1480. The van der Waals surface area contributed by atoms with E-state index in [4.69, 9.17) is 31.2 Å². The maximum Gasteiger partial charge on any atom is 0.338 e. The lowest BCUT2D eigenvalue weighted by atomic mass is 10.1. The topological polar surface area (TPSA) is 107 Å². The van der Waals surface area contributed by atoms with Gasteiger partial charge in [0.15, 0.2) is 16.6 Å². The van der Waals surface area contributed by atoms with Crippen LogP contribution in [0.2, 0.25) is 0 Å². The van der Waals surface area contributed by atoms with Crippen molar-refractivity contribution in [1.82, 2.24) is 4.90 Å². The first-order chi connectivity index (χ1) is 21.3. The Morgan fingerprint density at radius 1 is 0.886 bits per heavy atom. The largest absolute Gasteiger partial charge is 0.497 e. The average molecular weight is 620 g/mol. The van der Waals surface area contributed by atoms with Crippen molar-refractivity contribution < 1.29 is 33.3 Å². The summed E-state index contributed by atoms with van der Waals surface area (Å²) in [6, 6.07) is 18.3. The van der Waals surface area contributed by atoms with E-state index < -0.39 is 12.0 Å². The van der Waals surface area contributed by atoms with Gasteiger partial charge >= 0.3 is 5.97 Å². The molecule has 1 heterocycles. The van der Waals surface area contributed by atoms with Gasteiger partial charge < -0.3 is 29.2 Å². The third-order valence-corrected chi connectivity index (χ3v) is 7.37. The summed E-state index contributed by atoms with van der Waals surface area (Å²) in [5, 5.41) is 3.13. The van der Waals surface area contributed by atoms with E-state index in [-0.39, 0.29) is 30.0 Å². The summed E-state index contributed by atoms with van der Waals surface area (Å²) >= 11 is 5.82. The fourth-order valence-corrected chi connectivity index (χ4v) is 5.26. The van der Waals surface area contributed by atoms with E-state index >= 15 is 0 Å². The van der Waals surface area contributed by atoms with Crippen LogP contribution in [0.5, 0.6) is 17.2 Å². The highest BCUT2D eigenvalue weighted by atomic mass is 32.1. The second-order valence-electron chi connectivity index (χ2n) is 9.81. The number of rotatable bonds is 14. The number of carbonyl (C=O) groups excluding carboxylic acids is 3. The first kappa shape index (κ1) is 32.3. The van der Waals surface area contributed by atoms with E-state index in [1.54, 1.807) is 67.5 Å². The summed E-state index contributed by atoms with van der Waals surface area (Å²) < 4.78 is 21.7. The first-order valence-electron chi connectivity index (χ1n) is 14.5. The predicted molar refractivity (Wildman–Crippen MR) is 172 cm³/mol. The standard InChI is InChI=1S/C33H37N3O7S/c1-5-41-28-17-8-22(20-29(28)42-6-2)18-19-35-27(21-30(37)34-24-11-15-26(40-4)16-12-24)31(38)36(33(35)44)25-13-9-23(10-14-25)32(39)43-7-3/h8-17,20,27H,5-7,18-19,21H2,1-4H3,(H,34,37). The van der Waals surface area contributed by atoms with Crippen LogP contribution in [-0.2, 0) is 20.7 Å². The zero-order valence-electron chi connectivity index (χ0n) is 25.3. The summed E-state index contributed by atoms with van der Waals surface area (Å²) in [5.74, 6) is 0.856. The van der Waals surface area contributed by atoms with Crippen molar-refractivity contribution in [3.8, 4) is 17.2 Å². The molecule has 1 fully saturated rings. The number of methoxy groups -OCH3 is 1. The highest BCUT2D eigenvalue weighted by Crippen LogP contribution is 2.31. The fraction of sp³-hybridized carbons (Fsp3) is 0.333. The minimum absolute atomic E-state index is 0.115. The number of nitrogens with zero attached hydrogens (tertiary/aromatic N) is 2. The predicted octanol–water partition coefficient (Wildman–Crippen LogP) is 5.24. The molecular weight excluding hydrogens is 582 g/mol. The van der Waals surface area contributed by atoms with Crippen molar-refractivity contribution >= 4 is 46.5 Å². The highest BCUT2D eigenvalue weighted by molar-refractivity contribution is 7.80. The zero-order valence-corrected chi connectivity index (χ0v) is 26.1. The minimum Gasteiger partial charge on any atom is -0.497 e. The van der Waals surface area contributed by atoms with Crippen molar-refractivity contribution in [3.63, 3.8) is 0 Å². The van der Waals surface area contributed by atoms with Crippen LogP contribution in [-0.4, -0.2) is 67.3 Å². The van der Waals surface area contributed by atoms with Crippen LogP contribution in [0.25, 0.3) is 0 Å². The van der Waals surface area contributed by atoms with Gasteiger partial charge in [0.1, 0.15) is 11.8 Å². The second kappa shape index (κ2) is 15.2. The molecule has 1 N–H and O–H groups in total. The molecule has 1 unspecified atom stereocenters. The number of benzene rings is 3. The molecule has 1 atom stereocenters. The Labute approximate surface area is 262 Å². The van der Waals surface area contributed by atoms with Gasteiger partial charge in [-0.1, -0.05) is 6.07 Å². The molecule has 44 heavy (non-hydrogen) atoms. The summed E-state index contributed by atoms with van der Waals surface area (Å²) in [6.07, 6.45) is 0.419. The van der Waals surface area contributed by atoms with Crippen LogP contribution in [0.3, 0.4) is 0 Å². The third kappa shape index (κ3) is 7.65. The van der Waals surface area contributed by atoms with Crippen molar-refractivity contribution in [1.29, 1.82) is 0 Å². The molecule has 0 aliphatic carbocycles. The van der Waals surface area contributed by atoms with E-state index in [0.717, 1.165) is 5.56 Å². The number of hydrogen-bond donors (Lipinski definition) is 1. The molecule has 0 bridgehead atoms. The number of carbonyl (C=O) groups is 3. The minimum atomic E-state index is -0.834. The van der Waals surface area contributed by atoms with Crippen molar-refractivity contribution in [2.24, 2.45) is 0 Å². The summed E-state index contributed by atoms with van der Waals surface area (Å²) in [7, 11) is 1.57. The van der Waals surface area contributed by atoms with Crippen LogP contribution in [0, 0.1) is 0 Å². The van der Waals surface area contributed by atoms with E-state index in [1.807, 2.05) is 32.0 Å². The third-order valence-electron chi connectivity index (χ3n) is 6.96. The lowest BCUT2D eigenvalue weighted by molar-refractivity contribution is -0.124. The van der Waals surface area contributed by atoms with E-state index in [1.165, 1.54) is 4.90 Å². The fourth-order valence-electron chi connectivity index (χ4n) is 4.85. The molecule has 2 amide bonds. The van der Waals surface area contributed by atoms with Gasteiger partial charge in [0, 0.05) is 12.2 Å². The molecular formula is C33H37N3O7S. The molecule has 0 saturated carbocycles. The van der Waals surface area contributed by atoms with E-state index in [0.29, 0.717) is 60.4 Å². The molecule has 232 valence electrons. The van der Waals surface area contributed by atoms with Crippen molar-refractivity contribution in [2.75, 3.05) is 43.7 Å². The van der Waals surface area contributed by atoms with Gasteiger partial charge in [-0.05, 0) is 106 Å². The molecule has 3 aromatic rings. The monoisotopic (exact) mass is 619 g/mol. The number of nitrogens with one attached hydrogen (secondary N) is 1. The van der Waals surface area contributed by atoms with Crippen LogP contribution >= 0.6 is 12.2 Å². The van der Waals surface area contributed by atoms with Crippen molar-refractivity contribution in [3.05, 3.63) is 77.9 Å². The van der Waals surface area contributed by atoms with Crippen LogP contribution in [0.1, 0.15) is 43.1 Å². The van der Waals surface area contributed by atoms with Gasteiger partial charge in [0.05, 0.1) is 44.6 Å². The van der Waals surface area contributed by atoms with Crippen LogP contribution in [0.15, 0.2) is 66.7 Å². The number of hydrogen-bond acceptors (Lipinski definition) is 8. The smallest absolute Gasteiger partial charge is 0.338 e. The lowest BCUT2D eigenvalue weighted by Gasteiger charge is -2.24. The summed E-state index contributed by atoms with van der Waals surface area (Å²) in [5.41, 5.74) is 2.40. The Morgan fingerprint density at radius 2 is 1.57 bits per heavy atom. The van der Waals surface area contributed by atoms with Gasteiger partial charge in [0.2, 0.25) is 5.91 Å². The molecule has 0 aromatic heterocycles. The Hall–Kier alpha value is -4.64. The Balaban J connectivity index is 1.57. The number of thiocarbonyl (C=S) groups is 1. The Kier molecular flexibility index (Phi) is 11.1. The van der Waals surface area contributed by atoms with Gasteiger partial charge in [-0.3, -0.25) is 14.5 Å². The summed E-state index contributed by atoms with van der Waals surface area (Å²) in [6.45, 7) is 7.19. The van der Waals surface area contributed by atoms with E-state index in [9.17, 15) is 14.4 Å². The van der Waals surface area contributed by atoms with Gasteiger partial charge in [-0.2, -0.15) is 0 Å². The maximum atomic E-state index is 13.9. The normalized spacial score (nSPS) is 14.4. The SMILES string of the molecule is CCOC(=O)c1ccc(N2C(=O)C(CC(=O)Nc3ccc(OC)cc3)N(CCc3ccc(OCC)c(OCC)c3)C2=S)cc1. The first-order valence-corrected chi connectivity index (χ1v) is 14.9. The molecule has 11 heteroatoms. The number of amides is 2. The molecule has 1 aliphatic rings. The van der Waals surface area contributed by atoms with Gasteiger partial charge in [-0.15, -0.1) is 0 Å². The zero-order chi connectivity index (χ0) is 31.6. The van der Waals surface area contributed by atoms with Crippen molar-refractivity contribution in [2.45, 2.75) is 39.7 Å². The van der Waals surface area contributed by atoms with Gasteiger partial charge in [0.25, 0.3) is 5.91 Å².